The van der Waals surface area contributed by atoms with Gasteiger partial charge in [-0.3, -0.25) is 14.9 Å². The van der Waals surface area contributed by atoms with Crippen LogP contribution in [0, 0.1) is 10.1 Å². The predicted octanol–water partition coefficient (Wildman–Crippen LogP) is 0.803. The van der Waals surface area contributed by atoms with Gasteiger partial charge in [-0.2, -0.15) is 0 Å². The number of hydrogen-bond donors (Lipinski definition) is 2. The van der Waals surface area contributed by atoms with Crippen LogP contribution in [0.15, 0.2) is 24.3 Å². The lowest BCUT2D eigenvalue weighted by atomic mass is 10.00. The van der Waals surface area contributed by atoms with Gasteiger partial charge in [-0.25, -0.2) is 0 Å². The molecule has 1 aliphatic rings. The highest BCUT2D eigenvalue weighted by Gasteiger charge is 2.19. The normalized spacial score (nSPS) is 19.8. The molecule has 1 fully saturated rings. The maximum atomic E-state index is 12.1. The topological polar surface area (TPSA) is 93.5 Å². The molecule has 2 N–H and O–H groups in total. The zero-order valence-corrected chi connectivity index (χ0v) is 11.9. The van der Waals surface area contributed by atoms with Crippen LogP contribution in [0.25, 0.3) is 0 Å². The highest BCUT2D eigenvalue weighted by atomic mass is 16.6. The maximum Gasteiger partial charge on any atom is 0.269 e. The number of nitro benzene ring substituents is 1. The van der Waals surface area contributed by atoms with Crippen molar-refractivity contribution in [1.82, 2.24) is 10.6 Å². The number of hydrogen-bond acceptors (Lipinski definition) is 5. The van der Waals surface area contributed by atoms with E-state index in [0.717, 1.165) is 6.54 Å². The lowest BCUT2D eigenvalue weighted by Crippen LogP contribution is -2.48. The Morgan fingerprint density at radius 2 is 2.43 bits per heavy atom. The van der Waals surface area contributed by atoms with Crippen molar-refractivity contribution in [3.63, 3.8) is 0 Å². The fourth-order valence-corrected chi connectivity index (χ4v) is 2.19. The van der Waals surface area contributed by atoms with Crippen LogP contribution in [0.2, 0.25) is 0 Å². The standard InChI is InChI=1S/C14H19N3O4/c1-10(11-3-2-4-13(7-11)17(19)20)14(18)16-8-12-9-21-6-5-15-12/h2-4,7,10,12,15H,5-6,8-9H2,1H3,(H,16,18). The predicted molar refractivity (Wildman–Crippen MR) is 77.1 cm³/mol. The molecule has 1 aliphatic heterocycles. The SMILES string of the molecule is CC(C(=O)NCC1COCCN1)c1cccc([N+](=O)[O-])c1. The molecule has 0 radical (unpaired) electrons. The molecule has 0 aliphatic carbocycles. The van der Waals surface area contributed by atoms with Gasteiger partial charge in [-0.15, -0.1) is 0 Å². The van der Waals surface area contributed by atoms with Crippen molar-refractivity contribution >= 4 is 11.6 Å². The number of rotatable bonds is 5. The first kappa shape index (κ1) is 15.4. The Balaban J connectivity index is 1.92. The van der Waals surface area contributed by atoms with E-state index in [4.69, 9.17) is 4.74 Å². The molecule has 7 heteroatoms. The number of non-ortho nitro benzene ring substituents is 1. The van der Waals surface area contributed by atoms with Crippen LogP contribution in [0.1, 0.15) is 18.4 Å². The van der Waals surface area contributed by atoms with Gasteiger partial charge in [0, 0.05) is 31.3 Å². The monoisotopic (exact) mass is 293 g/mol. The van der Waals surface area contributed by atoms with Crippen molar-refractivity contribution in [2.24, 2.45) is 0 Å². The summed E-state index contributed by atoms with van der Waals surface area (Å²) in [5.74, 6) is -0.586. The molecule has 0 bridgehead atoms. The first-order valence-electron chi connectivity index (χ1n) is 6.91. The molecule has 1 aromatic carbocycles. The zero-order valence-electron chi connectivity index (χ0n) is 11.9. The number of benzene rings is 1. The fraction of sp³-hybridized carbons (Fsp3) is 0.500. The van der Waals surface area contributed by atoms with Crippen LogP contribution in [0.4, 0.5) is 5.69 Å². The molecule has 2 unspecified atom stereocenters. The minimum atomic E-state index is -0.461. The van der Waals surface area contributed by atoms with Crippen LogP contribution in [-0.2, 0) is 9.53 Å². The molecule has 0 spiro atoms. The Labute approximate surface area is 122 Å². The maximum absolute atomic E-state index is 12.1. The summed E-state index contributed by atoms with van der Waals surface area (Å²) in [6.45, 7) is 4.26. The molecule has 0 aromatic heterocycles. The Hall–Kier alpha value is -1.99. The van der Waals surface area contributed by atoms with Crippen molar-refractivity contribution in [2.75, 3.05) is 26.3 Å². The van der Waals surface area contributed by atoms with Gasteiger partial charge in [0.05, 0.1) is 24.1 Å². The van der Waals surface area contributed by atoms with E-state index in [1.807, 2.05) is 0 Å². The molecule has 7 nitrogen and oxygen atoms in total. The minimum absolute atomic E-state index is 0.00510. The van der Waals surface area contributed by atoms with Gasteiger partial charge in [0.25, 0.3) is 5.69 Å². The molecular weight excluding hydrogens is 274 g/mol. The van der Waals surface area contributed by atoms with Gasteiger partial charge in [0.1, 0.15) is 0 Å². The summed E-state index contributed by atoms with van der Waals surface area (Å²) >= 11 is 0. The van der Waals surface area contributed by atoms with Crippen LogP contribution < -0.4 is 10.6 Å². The van der Waals surface area contributed by atoms with E-state index in [0.29, 0.717) is 25.3 Å². The molecule has 114 valence electrons. The van der Waals surface area contributed by atoms with E-state index in [-0.39, 0.29) is 17.6 Å². The van der Waals surface area contributed by atoms with Crippen LogP contribution in [0.3, 0.4) is 0 Å². The fourth-order valence-electron chi connectivity index (χ4n) is 2.19. The van der Waals surface area contributed by atoms with Gasteiger partial charge < -0.3 is 15.4 Å². The summed E-state index contributed by atoms with van der Waals surface area (Å²) in [7, 11) is 0. The van der Waals surface area contributed by atoms with E-state index in [9.17, 15) is 14.9 Å². The molecule has 2 atom stereocenters. The van der Waals surface area contributed by atoms with E-state index in [2.05, 4.69) is 10.6 Å². The van der Waals surface area contributed by atoms with Gasteiger partial charge in [0.15, 0.2) is 0 Å². The molecular formula is C14H19N3O4. The molecule has 1 amide bonds. The largest absolute Gasteiger partial charge is 0.378 e. The van der Waals surface area contributed by atoms with E-state index >= 15 is 0 Å². The average Bonchev–Trinajstić information content (AvgIpc) is 2.53. The highest BCUT2D eigenvalue weighted by Crippen LogP contribution is 2.20. The van der Waals surface area contributed by atoms with Crippen molar-refractivity contribution in [1.29, 1.82) is 0 Å². The quantitative estimate of drug-likeness (QED) is 0.619. The Morgan fingerprint density at radius 1 is 1.62 bits per heavy atom. The molecule has 1 heterocycles. The minimum Gasteiger partial charge on any atom is -0.378 e. The zero-order chi connectivity index (χ0) is 15.2. The number of morpholine rings is 1. The number of nitro groups is 1. The van der Waals surface area contributed by atoms with Crippen molar-refractivity contribution in [2.45, 2.75) is 18.9 Å². The van der Waals surface area contributed by atoms with Gasteiger partial charge >= 0.3 is 0 Å². The second kappa shape index (κ2) is 7.14. The first-order valence-corrected chi connectivity index (χ1v) is 6.91. The Kier molecular flexibility index (Phi) is 5.24. The third-order valence-corrected chi connectivity index (χ3v) is 3.50. The van der Waals surface area contributed by atoms with Crippen LogP contribution in [0.5, 0.6) is 0 Å². The Morgan fingerprint density at radius 3 is 3.10 bits per heavy atom. The molecule has 1 aromatic rings. The van der Waals surface area contributed by atoms with Crippen LogP contribution >= 0.6 is 0 Å². The second-order valence-corrected chi connectivity index (χ2v) is 5.04. The summed E-state index contributed by atoms with van der Waals surface area (Å²) in [6, 6.07) is 6.27. The Bertz CT molecular complexity index is 515. The molecule has 1 saturated heterocycles. The number of nitrogens with zero attached hydrogens (tertiary/aromatic N) is 1. The average molecular weight is 293 g/mol. The summed E-state index contributed by atoms with van der Waals surface area (Å²) in [6.07, 6.45) is 0. The summed E-state index contributed by atoms with van der Waals surface area (Å²) in [5.41, 5.74) is 0.629. The van der Waals surface area contributed by atoms with Gasteiger partial charge in [-0.05, 0) is 12.5 Å². The number of amides is 1. The number of carbonyl (C=O) groups is 1. The smallest absolute Gasteiger partial charge is 0.269 e. The lowest BCUT2D eigenvalue weighted by Gasteiger charge is -2.24. The number of ether oxygens (including phenoxy) is 1. The van der Waals surface area contributed by atoms with Gasteiger partial charge in [-0.1, -0.05) is 12.1 Å². The molecule has 21 heavy (non-hydrogen) atoms. The van der Waals surface area contributed by atoms with Crippen molar-refractivity contribution in [3.8, 4) is 0 Å². The number of carbonyl (C=O) groups excluding carboxylic acids is 1. The number of nitrogens with one attached hydrogen (secondary N) is 2. The van der Waals surface area contributed by atoms with Crippen molar-refractivity contribution in [3.05, 3.63) is 39.9 Å². The van der Waals surface area contributed by atoms with E-state index < -0.39 is 10.8 Å². The molecule has 2 rings (SSSR count). The summed E-state index contributed by atoms with van der Waals surface area (Å²) < 4.78 is 5.31. The third-order valence-electron chi connectivity index (χ3n) is 3.50. The first-order chi connectivity index (χ1) is 10.1. The van der Waals surface area contributed by atoms with Crippen LogP contribution in [-0.4, -0.2) is 43.2 Å². The third kappa shape index (κ3) is 4.24. The highest BCUT2D eigenvalue weighted by molar-refractivity contribution is 5.83. The lowest BCUT2D eigenvalue weighted by molar-refractivity contribution is -0.384. The summed E-state index contributed by atoms with van der Waals surface area (Å²) in [5, 5.41) is 16.9. The van der Waals surface area contributed by atoms with E-state index in [1.165, 1.54) is 12.1 Å². The second-order valence-electron chi connectivity index (χ2n) is 5.04. The summed E-state index contributed by atoms with van der Waals surface area (Å²) in [4.78, 5) is 22.4. The van der Waals surface area contributed by atoms with E-state index in [1.54, 1.807) is 19.1 Å². The van der Waals surface area contributed by atoms with Gasteiger partial charge in [0.2, 0.25) is 5.91 Å². The molecule has 0 saturated carbocycles. The van der Waals surface area contributed by atoms with Crippen molar-refractivity contribution < 1.29 is 14.5 Å².